The Morgan fingerprint density at radius 2 is 1.95 bits per heavy atom. The van der Waals surface area contributed by atoms with Gasteiger partial charge in [-0.3, -0.25) is 9.78 Å². The summed E-state index contributed by atoms with van der Waals surface area (Å²) in [6, 6.07) is 6.85. The van der Waals surface area contributed by atoms with Crippen LogP contribution in [-0.2, 0) is 0 Å². The first-order valence-corrected chi connectivity index (χ1v) is 7.47. The number of hydrogen-bond donors (Lipinski definition) is 0. The maximum absolute atomic E-state index is 13.2. The number of pyridine rings is 1. The van der Waals surface area contributed by atoms with Gasteiger partial charge in [0.25, 0.3) is 11.8 Å². The first kappa shape index (κ1) is 15.2. The van der Waals surface area contributed by atoms with Crippen LogP contribution in [-0.4, -0.2) is 34.8 Å². The number of rotatable bonds is 1. The van der Waals surface area contributed by atoms with Crippen LogP contribution >= 0.6 is 11.6 Å². The van der Waals surface area contributed by atoms with Crippen molar-refractivity contribution in [2.24, 2.45) is 0 Å². The summed E-state index contributed by atoms with van der Waals surface area (Å²) in [5.41, 5.74) is 1.85. The number of aromatic nitrogens is 1. The Kier molecular flexibility index (Phi) is 3.77. The highest BCUT2D eigenvalue weighted by Gasteiger charge is 2.36. The summed E-state index contributed by atoms with van der Waals surface area (Å²) in [5, 5.41) is 1.16. The Morgan fingerprint density at radius 1 is 1.27 bits per heavy atom. The van der Waals surface area contributed by atoms with E-state index in [-0.39, 0.29) is 31.8 Å². The second-order valence-electron chi connectivity index (χ2n) is 5.62. The molecule has 0 spiro atoms. The Labute approximate surface area is 131 Å². The minimum absolute atomic E-state index is 0.0647. The molecular formula is C16H15ClF2N2O. The predicted molar refractivity (Wildman–Crippen MR) is 81.6 cm³/mol. The van der Waals surface area contributed by atoms with Crippen LogP contribution in [0.4, 0.5) is 8.78 Å². The van der Waals surface area contributed by atoms with Gasteiger partial charge in [-0.05, 0) is 31.2 Å². The minimum Gasteiger partial charge on any atom is -0.338 e. The maximum atomic E-state index is 13.2. The summed E-state index contributed by atoms with van der Waals surface area (Å²) in [5.74, 6) is -2.91. The van der Waals surface area contributed by atoms with Gasteiger partial charge < -0.3 is 4.90 Å². The zero-order valence-electron chi connectivity index (χ0n) is 12.1. The molecule has 0 bridgehead atoms. The molecule has 2 heterocycles. The number of benzene rings is 1. The number of amides is 1. The fourth-order valence-electron chi connectivity index (χ4n) is 2.71. The average Bonchev–Trinajstić information content (AvgIpc) is 2.46. The molecule has 0 radical (unpaired) electrons. The van der Waals surface area contributed by atoms with Crippen molar-refractivity contribution in [2.45, 2.75) is 25.7 Å². The summed E-state index contributed by atoms with van der Waals surface area (Å²) in [6.07, 6.45) is -0.580. The number of aryl methyl sites for hydroxylation is 1. The first-order chi connectivity index (χ1) is 10.4. The second kappa shape index (κ2) is 5.47. The van der Waals surface area contributed by atoms with Crippen LogP contribution in [0, 0.1) is 6.92 Å². The van der Waals surface area contributed by atoms with Crippen molar-refractivity contribution in [2.75, 3.05) is 13.1 Å². The van der Waals surface area contributed by atoms with E-state index in [9.17, 15) is 13.6 Å². The zero-order valence-corrected chi connectivity index (χ0v) is 12.8. The average molecular weight is 325 g/mol. The topological polar surface area (TPSA) is 33.2 Å². The molecule has 6 heteroatoms. The third kappa shape index (κ3) is 2.90. The SMILES string of the molecule is Cc1cc(C(=O)N2CCC(F)(F)CC2)c2cc(Cl)ccc2n1. The molecule has 1 amide bonds. The van der Waals surface area contributed by atoms with Crippen molar-refractivity contribution in [3.63, 3.8) is 0 Å². The molecule has 1 aliphatic heterocycles. The van der Waals surface area contributed by atoms with Gasteiger partial charge in [0.15, 0.2) is 0 Å². The molecule has 0 aliphatic carbocycles. The molecule has 1 saturated heterocycles. The van der Waals surface area contributed by atoms with E-state index in [0.29, 0.717) is 27.2 Å². The quantitative estimate of drug-likeness (QED) is 0.792. The van der Waals surface area contributed by atoms with Gasteiger partial charge in [0, 0.05) is 42.0 Å². The lowest BCUT2D eigenvalue weighted by molar-refractivity contribution is -0.0493. The van der Waals surface area contributed by atoms with E-state index in [0.717, 1.165) is 0 Å². The van der Waals surface area contributed by atoms with Gasteiger partial charge in [0.2, 0.25) is 0 Å². The van der Waals surface area contributed by atoms with Crippen LogP contribution in [0.3, 0.4) is 0 Å². The molecule has 0 atom stereocenters. The molecular weight excluding hydrogens is 310 g/mol. The minimum atomic E-state index is -2.67. The van der Waals surface area contributed by atoms with Crippen molar-refractivity contribution in [3.8, 4) is 0 Å². The van der Waals surface area contributed by atoms with E-state index in [1.54, 1.807) is 31.2 Å². The van der Waals surface area contributed by atoms with Crippen molar-refractivity contribution in [1.82, 2.24) is 9.88 Å². The van der Waals surface area contributed by atoms with Crippen LogP contribution in [0.2, 0.25) is 5.02 Å². The maximum Gasteiger partial charge on any atom is 0.254 e. The standard InChI is InChI=1S/C16H15ClF2N2O/c1-10-8-13(12-9-11(17)2-3-14(12)20-10)15(22)21-6-4-16(18,19)5-7-21/h2-3,8-9H,4-7H2,1H3. The summed E-state index contributed by atoms with van der Waals surface area (Å²) in [4.78, 5) is 18.6. The van der Waals surface area contributed by atoms with E-state index in [1.165, 1.54) is 4.90 Å². The highest BCUT2D eigenvalue weighted by molar-refractivity contribution is 6.31. The third-order valence-corrected chi connectivity index (χ3v) is 4.15. The molecule has 3 rings (SSSR count). The number of likely N-dealkylation sites (tertiary alicyclic amines) is 1. The van der Waals surface area contributed by atoms with Crippen LogP contribution in [0.15, 0.2) is 24.3 Å². The van der Waals surface area contributed by atoms with E-state index in [4.69, 9.17) is 11.6 Å². The van der Waals surface area contributed by atoms with Gasteiger partial charge in [-0.15, -0.1) is 0 Å². The number of hydrogen-bond acceptors (Lipinski definition) is 2. The lowest BCUT2D eigenvalue weighted by Crippen LogP contribution is -2.42. The summed E-state index contributed by atoms with van der Waals surface area (Å²) >= 11 is 6.01. The number of alkyl halides is 2. The molecule has 1 aromatic carbocycles. The third-order valence-electron chi connectivity index (χ3n) is 3.91. The number of carbonyl (C=O) groups excluding carboxylic acids is 1. The summed E-state index contributed by atoms with van der Waals surface area (Å²) in [6.45, 7) is 1.93. The van der Waals surface area contributed by atoms with E-state index >= 15 is 0 Å². The molecule has 2 aromatic rings. The Bertz CT molecular complexity index is 738. The van der Waals surface area contributed by atoms with Crippen LogP contribution in [0.5, 0.6) is 0 Å². The molecule has 3 nitrogen and oxygen atoms in total. The molecule has 1 aromatic heterocycles. The monoisotopic (exact) mass is 324 g/mol. The zero-order chi connectivity index (χ0) is 15.9. The smallest absolute Gasteiger partial charge is 0.254 e. The number of carbonyl (C=O) groups is 1. The van der Waals surface area contributed by atoms with Gasteiger partial charge in [-0.25, -0.2) is 8.78 Å². The number of fused-ring (bicyclic) bond motifs is 1. The first-order valence-electron chi connectivity index (χ1n) is 7.10. The highest BCUT2D eigenvalue weighted by atomic mass is 35.5. The van der Waals surface area contributed by atoms with Gasteiger partial charge in [0.05, 0.1) is 11.1 Å². The second-order valence-corrected chi connectivity index (χ2v) is 6.06. The van der Waals surface area contributed by atoms with Crippen LogP contribution in [0.25, 0.3) is 10.9 Å². The van der Waals surface area contributed by atoms with Gasteiger partial charge in [-0.2, -0.15) is 0 Å². The van der Waals surface area contributed by atoms with E-state index < -0.39 is 5.92 Å². The summed E-state index contributed by atoms with van der Waals surface area (Å²) in [7, 11) is 0. The lowest BCUT2D eigenvalue weighted by Gasteiger charge is -2.32. The molecule has 0 unspecified atom stereocenters. The predicted octanol–water partition coefficient (Wildman–Crippen LogP) is 4.07. The lowest BCUT2D eigenvalue weighted by atomic mass is 10.0. The molecule has 116 valence electrons. The normalized spacial score (nSPS) is 17.7. The molecule has 1 aliphatic rings. The van der Waals surface area contributed by atoms with Crippen molar-refractivity contribution in [3.05, 3.63) is 40.5 Å². The van der Waals surface area contributed by atoms with Crippen molar-refractivity contribution in [1.29, 1.82) is 0 Å². The number of halogens is 3. The molecule has 22 heavy (non-hydrogen) atoms. The van der Waals surface area contributed by atoms with Crippen LogP contribution < -0.4 is 0 Å². The largest absolute Gasteiger partial charge is 0.338 e. The van der Waals surface area contributed by atoms with Gasteiger partial charge in [0.1, 0.15) is 0 Å². The number of piperidine rings is 1. The molecule has 1 fully saturated rings. The molecule has 0 saturated carbocycles. The van der Waals surface area contributed by atoms with Gasteiger partial charge in [-0.1, -0.05) is 11.6 Å². The fourth-order valence-corrected chi connectivity index (χ4v) is 2.89. The summed E-state index contributed by atoms with van der Waals surface area (Å²) < 4.78 is 26.5. The highest BCUT2D eigenvalue weighted by Crippen LogP contribution is 2.30. The molecule has 0 N–H and O–H groups in total. The van der Waals surface area contributed by atoms with Crippen molar-refractivity contribution < 1.29 is 13.6 Å². The van der Waals surface area contributed by atoms with Crippen LogP contribution in [0.1, 0.15) is 28.9 Å². The van der Waals surface area contributed by atoms with E-state index in [1.807, 2.05) is 0 Å². The van der Waals surface area contributed by atoms with Crippen molar-refractivity contribution >= 4 is 28.4 Å². The van der Waals surface area contributed by atoms with Gasteiger partial charge >= 0.3 is 0 Å². The van der Waals surface area contributed by atoms with E-state index in [2.05, 4.69) is 4.98 Å². The number of nitrogens with zero attached hydrogens (tertiary/aromatic N) is 2. The Hall–Kier alpha value is -1.75. The Morgan fingerprint density at radius 3 is 2.64 bits per heavy atom. The fraction of sp³-hybridized carbons (Fsp3) is 0.375. The Balaban J connectivity index is 1.99.